The number of anilines is 1. The molecule has 0 unspecified atom stereocenters. The summed E-state index contributed by atoms with van der Waals surface area (Å²) in [5.41, 5.74) is 1.44. The van der Waals surface area contributed by atoms with Gasteiger partial charge < -0.3 is 5.32 Å². The van der Waals surface area contributed by atoms with Gasteiger partial charge in [-0.1, -0.05) is 0 Å². The highest BCUT2D eigenvalue weighted by Gasteiger charge is 2.19. The van der Waals surface area contributed by atoms with Crippen LogP contribution in [-0.2, 0) is 0 Å². The lowest BCUT2D eigenvalue weighted by atomic mass is 10.1. The molecular weight excluding hydrogens is 364 g/mol. The molecule has 1 N–H and O–H groups in total. The quantitative estimate of drug-likeness (QED) is 0.416. The number of nitrogens with one attached hydrogen (secondary N) is 1. The molecule has 0 aliphatic rings. The van der Waals surface area contributed by atoms with E-state index < -0.39 is 10.8 Å². The van der Waals surface area contributed by atoms with E-state index in [1.165, 1.54) is 41.9 Å². The SMILES string of the molecule is O=C(Nc1ccc(-n2cncn2)cc1)c1ccc(-n2cncn2)c([N+](=O)[O-])c1. The number of nitro benzene ring substituents is 1. The molecule has 0 aliphatic carbocycles. The van der Waals surface area contributed by atoms with Crippen LogP contribution in [0.25, 0.3) is 11.4 Å². The molecule has 0 saturated heterocycles. The average Bonchev–Trinajstić information content (AvgIpc) is 3.42. The third kappa shape index (κ3) is 3.31. The van der Waals surface area contributed by atoms with E-state index >= 15 is 0 Å². The van der Waals surface area contributed by atoms with Gasteiger partial charge in [-0.25, -0.2) is 19.3 Å². The number of nitrogens with zero attached hydrogens (tertiary/aromatic N) is 7. The summed E-state index contributed by atoms with van der Waals surface area (Å²) in [5, 5.41) is 22.0. The van der Waals surface area contributed by atoms with Crippen molar-refractivity contribution >= 4 is 17.3 Å². The highest BCUT2D eigenvalue weighted by molar-refractivity contribution is 6.05. The van der Waals surface area contributed by atoms with Gasteiger partial charge in [-0.15, -0.1) is 0 Å². The number of nitro groups is 1. The lowest BCUT2D eigenvalue weighted by Gasteiger charge is -2.08. The van der Waals surface area contributed by atoms with Crippen LogP contribution in [0, 0.1) is 10.1 Å². The molecule has 11 heteroatoms. The number of amides is 1. The fraction of sp³-hybridized carbons (Fsp3) is 0. The highest BCUT2D eigenvalue weighted by atomic mass is 16.6. The molecular formula is C17H12N8O3. The molecule has 0 radical (unpaired) electrons. The van der Waals surface area contributed by atoms with Crippen molar-refractivity contribution < 1.29 is 9.72 Å². The number of hydrogen-bond acceptors (Lipinski definition) is 7. The number of aromatic nitrogens is 6. The van der Waals surface area contributed by atoms with Crippen LogP contribution in [0.15, 0.2) is 67.8 Å². The number of carbonyl (C=O) groups excluding carboxylic acids is 1. The van der Waals surface area contributed by atoms with Crippen molar-refractivity contribution in [2.45, 2.75) is 0 Å². The second-order valence-corrected chi connectivity index (χ2v) is 5.64. The van der Waals surface area contributed by atoms with E-state index in [1.54, 1.807) is 35.3 Å². The van der Waals surface area contributed by atoms with E-state index in [4.69, 9.17) is 0 Å². The second-order valence-electron chi connectivity index (χ2n) is 5.64. The lowest BCUT2D eigenvalue weighted by molar-refractivity contribution is -0.384. The van der Waals surface area contributed by atoms with Crippen molar-refractivity contribution in [2.24, 2.45) is 0 Å². The predicted molar refractivity (Wildman–Crippen MR) is 97.3 cm³/mol. The fourth-order valence-corrected chi connectivity index (χ4v) is 2.58. The molecule has 0 spiro atoms. The van der Waals surface area contributed by atoms with Crippen molar-refractivity contribution in [3.05, 3.63) is 83.5 Å². The third-order valence-corrected chi connectivity index (χ3v) is 3.91. The zero-order chi connectivity index (χ0) is 19.5. The van der Waals surface area contributed by atoms with Gasteiger partial charge in [-0.05, 0) is 36.4 Å². The molecule has 0 aliphatic heterocycles. The predicted octanol–water partition coefficient (Wildman–Crippen LogP) is 2.01. The molecule has 138 valence electrons. The molecule has 0 fully saturated rings. The van der Waals surface area contributed by atoms with Crippen molar-refractivity contribution in [2.75, 3.05) is 5.32 Å². The van der Waals surface area contributed by atoms with E-state index in [9.17, 15) is 14.9 Å². The van der Waals surface area contributed by atoms with Crippen LogP contribution < -0.4 is 5.32 Å². The summed E-state index contributed by atoms with van der Waals surface area (Å²) in [5.74, 6) is -0.471. The molecule has 2 heterocycles. The van der Waals surface area contributed by atoms with Crippen LogP contribution in [0.3, 0.4) is 0 Å². The van der Waals surface area contributed by atoms with E-state index in [0.717, 1.165) is 5.69 Å². The van der Waals surface area contributed by atoms with Gasteiger partial charge in [-0.2, -0.15) is 10.2 Å². The van der Waals surface area contributed by atoms with E-state index in [0.29, 0.717) is 5.69 Å². The van der Waals surface area contributed by atoms with Crippen LogP contribution in [0.1, 0.15) is 10.4 Å². The van der Waals surface area contributed by atoms with E-state index in [1.807, 2.05) is 0 Å². The zero-order valence-corrected chi connectivity index (χ0v) is 14.2. The number of rotatable bonds is 5. The minimum atomic E-state index is -0.569. The van der Waals surface area contributed by atoms with Gasteiger partial charge in [-0.3, -0.25) is 14.9 Å². The van der Waals surface area contributed by atoms with Crippen LogP contribution in [0.5, 0.6) is 0 Å². The van der Waals surface area contributed by atoms with Gasteiger partial charge >= 0.3 is 0 Å². The van der Waals surface area contributed by atoms with Gasteiger partial charge in [0.2, 0.25) is 0 Å². The van der Waals surface area contributed by atoms with Crippen molar-refractivity contribution in [1.29, 1.82) is 0 Å². The molecule has 0 bridgehead atoms. The Balaban J connectivity index is 1.56. The van der Waals surface area contributed by atoms with Gasteiger partial charge in [0.05, 0.1) is 10.6 Å². The van der Waals surface area contributed by atoms with Crippen LogP contribution in [0.4, 0.5) is 11.4 Å². The number of hydrogen-bond donors (Lipinski definition) is 1. The molecule has 2 aromatic heterocycles. The molecule has 28 heavy (non-hydrogen) atoms. The summed E-state index contributed by atoms with van der Waals surface area (Å²) < 4.78 is 2.85. The van der Waals surface area contributed by atoms with Gasteiger partial charge in [0, 0.05) is 17.3 Å². The molecule has 0 saturated carbocycles. The zero-order valence-electron chi connectivity index (χ0n) is 14.2. The Morgan fingerprint density at radius 3 is 2.25 bits per heavy atom. The monoisotopic (exact) mass is 376 g/mol. The Labute approximate surface area is 157 Å². The smallest absolute Gasteiger partial charge is 0.295 e. The van der Waals surface area contributed by atoms with Crippen LogP contribution >= 0.6 is 0 Å². The Bertz CT molecular complexity index is 1120. The normalized spacial score (nSPS) is 10.6. The standard InChI is InChI=1S/C17H12N8O3/c26-17(22-13-2-4-14(5-3-13)23-10-18-8-20-23)12-1-6-15(16(7-12)25(27)28)24-11-19-9-21-24/h1-11H,(H,22,26). The largest absolute Gasteiger partial charge is 0.322 e. The first-order chi connectivity index (χ1) is 13.6. The van der Waals surface area contributed by atoms with Crippen LogP contribution in [0.2, 0.25) is 0 Å². The maximum Gasteiger partial charge on any atom is 0.295 e. The second kappa shape index (κ2) is 7.07. The maximum atomic E-state index is 12.5. The fourth-order valence-electron chi connectivity index (χ4n) is 2.58. The average molecular weight is 376 g/mol. The molecule has 2 aromatic carbocycles. The first kappa shape index (κ1) is 17.0. The summed E-state index contributed by atoms with van der Waals surface area (Å²) in [4.78, 5) is 31.0. The number of benzene rings is 2. The Morgan fingerprint density at radius 1 is 0.964 bits per heavy atom. The molecule has 4 rings (SSSR count). The molecule has 11 nitrogen and oxygen atoms in total. The Hall–Kier alpha value is -4.41. The summed E-state index contributed by atoms with van der Waals surface area (Å²) in [7, 11) is 0. The first-order valence-electron chi connectivity index (χ1n) is 8.02. The summed E-state index contributed by atoms with van der Waals surface area (Å²) in [6.07, 6.45) is 5.60. The number of carbonyl (C=O) groups is 1. The molecule has 4 aromatic rings. The topological polar surface area (TPSA) is 134 Å². The van der Waals surface area contributed by atoms with Gasteiger partial charge in [0.1, 0.15) is 31.0 Å². The van der Waals surface area contributed by atoms with E-state index in [2.05, 4.69) is 25.5 Å². The van der Waals surface area contributed by atoms with Gasteiger partial charge in [0.25, 0.3) is 11.6 Å². The summed E-state index contributed by atoms with van der Waals surface area (Å²) in [6.45, 7) is 0. The molecule has 1 amide bonds. The van der Waals surface area contributed by atoms with E-state index in [-0.39, 0.29) is 16.9 Å². The lowest BCUT2D eigenvalue weighted by Crippen LogP contribution is -2.13. The van der Waals surface area contributed by atoms with Crippen LogP contribution in [-0.4, -0.2) is 40.4 Å². The maximum absolute atomic E-state index is 12.5. The summed E-state index contributed by atoms with van der Waals surface area (Å²) >= 11 is 0. The molecule has 0 atom stereocenters. The third-order valence-electron chi connectivity index (χ3n) is 3.91. The Morgan fingerprint density at radius 2 is 1.64 bits per heavy atom. The first-order valence-corrected chi connectivity index (χ1v) is 8.02. The van der Waals surface area contributed by atoms with Gasteiger partial charge in [0.15, 0.2) is 0 Å². The van der Waals surface area contributed by atoms with Crippen molar-refractivity contribution in [3.8, 4) is 11.4 Å². The Kier molecular flexibility index (Phi) is 4.30. The minimum absolute atomic E-state index is 0.149. The minimum Gasteiger partial charge on any atom is -0.322 e. The van der Waals surface area contributed by atoms with Crippen molar-refractivity contribution in [1.82, 2.24) is 29.5 Å². The summed E-state index contributed by atoms with van der Waals surface area (Å²) in [6, 6.07) is 11.1. The van der Waals surface area contributed by atoms with Crippen molar-refractivity contribution in [3.63, 3.8) is 0 Å². The highest BCUT2D eigenvalue weighted by Crippen LogP contribution is 2.24.